The average molecular weight is 137 g/mol. The monoisotopic (exact) mass is 137 g/mol. The lowest BCUT2D eigenvalue weighted by Gasteiger charge is -1.48. The molecule has 0 fully saturated rings. The van der Waals surface area contributed by atoms with Crippen LogP contribution in [-0.2, 0) is 0 Å². The Hall–Kier alpha value is -0.120. The minimum absolute atomic E-state index is 1.25. The maximum Gasteiger partial charge on any atom is -0.0195 e. The summed E-state index contributed by atoms with van der Waals surface area (Å²) >= 11 is 0. The van der Waals surface area contributed by atoms with E-state index in [1.165, 1.54) is 27.6 Å². The predicted molar refractivity (Wildman–Crippen MR) is 46.3 cm³/mol. The quantitative estimate of drug-likeness (QED) is 0.444. The molecule has 0 aromatic carbocycles. The minimum atomic E-state index is 1.25. The van der Waals surface area contributed by atoms with E-state index in [1.54, 1.807) is 0 Å². The predicted octanol–water partition coefficient (Wildman–Crippen LogP) is 0.141. The fourth-order valence-electron chi connectivity index (χ4n) is 0. The van der Waals surface area contributed by atoms with Crippen molar-refractivity contribution in [3.8, 4) is 0 Å². The summed E-state index contributed by atoms with van der Waals surface area (Å²) in [5.74, 6) is 0. The molecule has 0 saturated heterocycles. The maximum absolute atomic E-state index is 4.50. The molecule has 0 radical (unpaired) electrons. The third-order valence-electron chi connectivity index (χ3n) is 0. The topological polar surface area (TPSA) is 78.1 Å². The molecule has 0 heterocycles. The molecule has 0 spiro atoms. The largest absolute Gasteiger partial charge is 0.333 e. The zero-order chi connectivity index (χ0) is 8.71. The zero-order valence-electron chi connectivity index (χ0n) is 7.44. The first kappa shape index (κ1) is 23.2. The highest BCUT2D eigenvalue weighted by Crippen LogP contribution is 1.56. The van der Waals surface area contributed by atoms with Crippen LogP contribution in [0.1, 0.15) is 20.3 Å². The van der Waals surface area contributed by atoms with Crippen molar-refractivity contribution in [2.45, 2.75) is 20.3 Å². The molecular formula is C6H23N3. The number of hydrogen-bond donors (Lipinski definition) is 3. The van der Waals surface area contributed by atoms with E-state index in [9.17, 15) is 0 Å². The van der Waals surface area contributed by atoms with E-state index in [0.29, 0.717) is 0 Å². The van der Waals surface area contributed by atoms with E-state index in [1.807, 2.05) is 0 Å². The van der Waals surface area contributed by atoms with Crippen LogP contribution < -0.4 is 17.2 Å². The van der Waals surface area contributed by atoms with Crippen LogP contribution in [0.4, 0.5) is 0 Å². The van der Waals surface area contributed by atoms with Gasteiger partial charge in [-0.1, -0.05) is 20.3 Å². The normalized spacial score (nSPS) is 4.00. The van der Waals surface area contributed by atoms with Crippen LogP contribution in [0, 0.1) is 0 Å². The molecule has 62 valence electrons. The molecule has 0 saturated carbocycles. The Labute approximate surface area is 59.6 Å². The summed E-state index contributed by atoms with van der Waals surface area (Å²) < 4.78 is 0. The van der Waals surface area contributed by atoms with Gasteiger partial charge in [0.25, 0.3) is 0 Å². The Balaban J connectivity index is -0.0000000190. The van der Waals surface area contributed by atoms with E-state index in [0.717, 1.165) is 0 Å². The first-order valence-electron chi connectivity index (χ1n) is 3.15. The molecule has 0 rings (SSSR count). The van der Waals surface area contributed by atoms with E-state index in [4.69, 9.17) is 0 Å². The molecule has 6 N–H and O–H groups in total. The van der Waals surface area contributed by atoms with Gasteiger partial charge in [-0.15, -0.1) is 0 Å². The standard InChI is InChI=1S/C3H8.3CH5N/c1-3-2;3*1-2/h3H2,1-2H3;3*2H2,1H3. The van der Waals surface area contributed by atoms with Crippen molar-refractivity contribution in [3.05, 3.63) is 0 Å². The summed E-state index contributed by atoms with van der Waals surface area (Å²) in [7, 11) is 4.50. The van der Waals surface area contributed by atoms with Crippen LogP contribution in [0.5, 0.6) is 0 Å². The van der Waals surface area contributed by atoms with Gasteiger partial charge >= 0.3 is 0 Å². The number of hydrogen-bond acceptors (Lipinski definition) is 3. The molecule has 0 aromatic rings. The van der Waals surface area contributed by atoms with Gasteiger partial charge in [0.05, 0.1) is 0 Å². The van der Waals surface area contributed by atoms with Gasteiger partial charge in [-0.25, -0.2) is 0 Å². The first-order chi connectivity index (χ1) is 4.41. The van der Waals surface area contributed by atoms with Crippen LogP contribution in [0.25, 0.3) is 0 Å². The van der Waals surface area contributed by atoms with Crippen molar-refractivity contribution >= 4 is 0 Å². The number of rotatable bonds is 0. The second-order valence-corrected chi connectivity index (χ2v) is 0.707. The summed E-state index contributed by atoms with van der Waals surface area (Å²) in [5.41, 5.74) is 13.5. The van der Waals surface area contributed by atoms with Crippen molar-refractivity contribution < 1.29 is 0 Å². The van der Waals surface area contributed by atoms with Crippen molar-refractivity contribution in [2.24, 2.45) is 17.2 Å². The summed E-state index contributed by atoms with van der Waals surface area (Å²) in [5, 5.41) is 0. The minimum Gasteiger partial charge on any atom is -0.333 e. The van der Waals surface area contributed by atoms with Crippen molar-refractivity contribution in [3.63, 3.8) is 0 Å². The van der Waals surface area contributed by atoms with Crippen molar-refractivity contribution in [1.29, 1.82) is 0 Å². The van der Waals surface area contributed by atoms with Gasteiger partial charge in [0.15, 0.2) is 0 Å². The van der Waals surface area contributed by atoms with Gasteiger partial charge in [0.2, 0.25) is 0 Å². The summed E-state index contributed by atoms with van der Waals surface area (Å²) in [6, 6.07) is 0. The average Bonchev–Trinajstić information content (AvgIpc) is 2.01. The van der Waals surface area contributed by atoms with Crippen LogP contribution in [0.15, 0.2) is 0 Å². The SMILES string of the molecule is CCC.CN.CN.CN. The van der Waals surface area contributed by atoms with Gasteiger partial charge in [0.1, 0.15) is 0 Å². The third kappa shape index (κ3) is 18900. The Morgan fingerprint density at radius 1 is 0.667 bits per heavy atom. The molecule has 0 aliphatic heterocycles. The van der Waals surface area contributed by atoms with Crippen LogP contribution in [0.3, 0.4) is 0 Å². The van der Waals surface area contributed by atoms with Gasteiger partial charge in [-0.2, -0.15) is 0 Å². The van der Waals surface area contributed by atoms with Crippen LogP contribution in [-0.4, -0.2) is 21.1 Å². The van der Waals surface area contributed by atoms with Gasteiger partial charge in [-0.3, -0.25) is 0 Å². The maximum atomic E-state index is 4.50. The molecule has 0 atom stereocenters. The molecular weight excluding hydrogens is 114 g/mol. The lowest BCUT2D eigenvalue weighted by atomic mass is 10.6. The molecule has 0 aromatic heterocycles. The second kappa shape index (κ2) is 482. The molecule has 0 aliphatic carbocycles. The Morgan fingerprint density at radius 3 is 0.667 bits per heavy atom. The molecule has 0 bridgehead atoms. The highest BCUT2D eigenvalue weighted by molar-refractivity contribution is 3.92. The summed E-state index contributed by atoms with van der Waals surface area (Å²) in [6.45, 7) is 4.25. The summed E-state index contributed by atoms with van der Waals surface area (Å²) in [6.07, 6.45) is 1.25. The molecule has 9 heavy (non-hydrogen) atoms. The molecule has 3 nitrogen and oxygen atoms in total. The fraction of sp³-hybridized carbons (Fsp3) is 1.00. The molecule has 0 aliphatic rings. The highest BCUT2D eigenvalue weighted by Gasteiger charge is 1.35. The van der Waals surface area contributed by atoms with E-state index < -0.39 is 0 Å². The Bertz CT molecular complexity index is 8.26. The van der Waals surface area contributed by atoms with E-state index >= 15 is 0 Å². The lowest BCUT2D eigenvalue weighted by molar-refractivity contribution is 1.09. The fourth-order valence-corrected chi connectivity index (χ4v) is 0. The molecule has 0 amide bonds. The van der Waals surface area contributed by atoms with Crippen molar-refractivity contribution in [1.82, 2.24) is 0 Å². The first-order valence-corrected chi connectivity index (χ1v) is 3.15. The Kier molecular flexibility index (Phi) is 1240. The molecule has 3 heteroatoms. The second-order valence-electron chi connectivity index (χ2n) is 0.707. The van der Waals surface area contributed by atoms with E-state index in [2.05, 4.69) is 31.0 Å². The van der Waals surface area contributed by atoms with E-state index in [-0.39, 0.29) is 0 Å². The third-order valence-corrected chi connectivity index (χ3v) is 0. The van der Waals surface area contributed by atoms with Gasteiger partial charge < -0.3 is 17.2 Å². The Morgan fingerprint density at radius 2 is 0.667 bits per heavy atom. The van der Waals surface area contributed by atoms with Gasteiger partial charge in [0, 0.05) is 0 Å². The lowest BCUT2D eigenvalue weighted by Crippen LogP contribution is -1.69. The van der Waals surface area contributed by atoms with Crippen LogP contribution in [0.2, 0.25) is 0 Å². The zero-order valence-corrected chi connectivity index (χ0v) is 7.44. The number of nitrogens with two attached hydrogens (primary N) is 3. The van der Waals surface area contributed by atoms with Gasteiger partial charge in [-0.05, 0) is 21.1 Å². The van der Waals surface area contributed by atoms with Crippen molar-refractivity contribution in [2.75, 3.05) is 21.1 Å². The molecule has 0 unspecified atom stereocenters. The van der Waals surface area contributed by atoms with Crippen LogP contribution >= 0.6 is 0 Å². The smallest absolute Gasteiger partial charge is 0.0195 e. The highest BCUT2D eigenvalue weighted by atomic mass is 14.4. The summed E-state index contributed by atoms with van der Waals surface area (Å²) in [4.78, 5) is 0.